The average molecular weight is 412 g/mol. The molecule has 0 amide bonds. The number of hydrogen-bond donors (Lipinski definition) is 0. The van der Waals surface area contributed by atoms with Gasteiger partial charge in [-0.25, -0.2) is 0 Å². The van der Waals surface area contributed by atoms with E-state index in [2.05, 4.69) is 97.9 Å². The predicted molar refractivity (Wildman–Crippen MR) is 133 cm³/mol. The minimum Gasteiger partial charge on any atom is -0.455 e. The Hall–Kier alpha value is -4.17. The molecule has 2 heteroatoms. The molecule has 0 spiro atoms. The van der Waals surface area contributed by atoms with Gasteiger partial charge in [0.05, 0.1) is 5.69 Å². The topological polar surface area (TPSA) is 26.0 Å². The Morgan fingerprint density at radius 1 is 0.594 bits per heavy atom. The van der Waals surface area contributed by atoms with E-state index >= 15 is 0 Å². The number of aromatic nitrogens is 1. The van der Waals surface area contributed by atoms with Gasteiger partial charge in [0.1, 0.15) is 11.2 Å². The molecule has 0 aliphatic heterocycles. The van der Waals surface area contributed by atoms with Gasteiger partial charge in [0.15, 0.2) is 0 Å². The highest BCUT2D eigenvalue weighted by molar-refractivity contribution is 6.10. The highest BCUT2D eigenvalue weighted by atomic mass is 16.3. The number of fused-ring (bicyclic) bond motifs is 3. The number of benzene rings is 4. The van der Waals surface area contributed by atoms with Crippen molar-refractivity contribution in [3.8, 4) is 33.5 Å². The Bertz CT molecular complexity index is 1560. The SMILES string of the molecule is Cc1cc(-c2cccc3c2oc2cc(-c4ccccc4)ccc23)ncc1-c1ccccc1. The maximum atomic E-state index is 6.41. The molecule has 0 saturated carbocycles. The molecule has 2 aromatic heterocycles. The molecule has 0 atom stereocenters. The van der Waals surface area contributed by atoms with Crippen molar-refractivity contribution in [2.24, 2.45) is 0 Å². The van der Waals surface area contributed by atoms with E-state index in [1.165, 1.54) is 16.7 Å². The normalized spacial score (nSPS) is 11.3. The number of nitrogens with zero attached hydrogens (tertiary/aromatic N) is 1. The Morgan fingerprint density at radius 2 is 1.34 bits per heavy atom. The molecule has 0 radical (unpaired) electrons. The lowest BCUT2D eigenvalue weighted by Crippen LogP contribution is -1.90. The van der Waals surface area contributed by atoms with E-state index in [1.54, 1.807) is 0 Å². The molecule has 0 bridgehead atoms. The molecule has 0 N–H and O–H groups in total. The Kier molecular flexibility index (Phi) is 4.36. The smallest absolute Gasteiger partial charge is 0.144 e. The molecule has 4 aromatic carbocycles. The van der Waals surface area contributed by atoms with E-state index in [0.29, 0.717) is 0 Å². The largest absolute Gasteiger partial charge is 0.455 e. The van der Waals surface area contributed by atoms with E-state index < -0.39 is 0 Å². The van der Waals surface area contributed by atoms with Crippen molar-refractivity contribution in [1.29, 1.82) is 0 Å². The second kappa shape index (κ2) is 7.51. The van der Waals surface area contributed by atoms with Crippen LogP contribution >= 0.6 is 0 Å². The minimum absolute atomic E-state index is 0.882. The lowest BCUT2D eigenvalue weighted by Gasteiger charge is -2.08. The fourth-order valence-corrected chi connectivity index (χ4v) is 4.43. The highest BCUT2D eigenvalue weighted by Crippen LogP contribution is 2.37. The fourth-order valence-electron chi connectivity index (χ4n) is 4.43. The van der Waals surface area contributed by atoms with E-state index in [4.69, 9.17) is 9.40 Å². The predicted octanol–water partition coefficient (Wildman–Crippen LogP) is 8.29. The molecular formula is C30H21NO. The van der Waals surface area contributed by atoms with Crippen molar-refractivity contribution >= 4 is 21.9 Å². The average Bonchev–Trinajstić information content (AvgIpc) is 3.23. The second-order valence-corrected chi connectivity index (χ2v) is 8.11. The van der Waals surface area contributed by atoms with Crippen LogP contribution in [0.4, 0.5) is 0 Å². The Labute approximate surface area is 186 Å². The number of para-hydroxylation sites is 1. The zero-order valence-electron chi connectivity index (χ0n) is 17.7. The molecule has 0 unspecified atom stereocenters. The zero-order valence-corrected chi connectivity index (χ0v) is 17.7. The Morgan fingerprint density at radius 3 is 2.09 bits per heavy atom. The van der Waals surface area contributed by atoms with Gasteiger partial charge in [-0.05, 0) is 53.4 Å². The van der Waals surface area contributed by atoms with Crippen LogP contribution in [-0.4, -0.2) is 4.98 Å². The van der Waals surface area contributed by atoms with Crippen LogP contribution in [0.25, 0.3) is 55.4 Å². The van der Waals surface area contributed by atoms with Gasteiger partial charge in [-0.3, -0.25) is 4.98 Å². The molecule has 0 aliphatic carbocycles. The molecule has 6 aromatic rings. The molecule has 0 aliphatic rings. The second-order valence-electron chi connectivity index (χ2n) is 8.11. The standard InChI is InChI=1S/C30H21NO/c1-20-17-28(31-19-27(20)22-11-6-3-7-12-22)26-14-8-13-25-24-16-15-23(18-29(24)32-30(25)26)21-9-4-2-5-10-21/h2-19H,1H3. The molecular weight excluding hydrogens is 390 g/mol. The molecule has 2 nitrogen and oxygen atoms in total. The maximum absolute atomic E-state index is 6.41. The van der Waals surface area contributed by atoms with E-state index in [-0.39, 0.29) is 0 Å². The number of aryl methyl sites for hydroxylation is 1. The summed E-state index contributed by atoms with van der Waals surface area (Å²) in [6.07, 6.45) is 1.97. The monoisotopic (exact) mass is 411 g/mol. The third kappa shape index (κ3) is 3.09. The van der Waals surface area contributed by atoms with Gasteiger partial charge in [-0.2, -0.15) is 0 Å². The molecule has 32 heavy (non-hydrogen) atoms. The van der Waals surface area contributed by atoms with E-state index in [1.807, 2.05) is 18.3 Å². The molecule has 152 valence electrons. The third-order valence-corrected chi connectivity index (χ3v) is 6.08. The first-order valence-electron chi connectivity index (χ1n) is 10.8. The fraction of sp³-hybridized carbons (Fsp3) is 0.0333. The van der Waals surface area contributed by atoms with Crippen molar-refractivity contribution in [3.63, 3.8) is 0 Å². The number of rotatable bonds is 3. The molecule has 2 heterocycles. The van der Waals surface area contributed by atoms with Crippen LogP contribution in [0.15, 0.2) is 114 Å². The first kappa shape index (κ1) is 18.6. The summed E-state index contributed by atoms with van der Waals surface area (Å²) in [4.78, 5) is 4.81. The van der Waals surface area contributed by atoms with Crippen molar-refractivity contribution in [3.05, 3.63) is 115 Å². The number of pyridine rings is 1. The van der Waals surface area contributed by atoms with Gasteiger partial charge in [0.2, 0.25) is 0 Å². The maximum Gasteiger partial charge on any atom is 0.144 e. The minimum atomic E-state index is 0.882. The quantitative estimate of drug-likeness (QED) is 0.293. The van der Waals surface area contributed by atoms with Gasteiger partial charge in [-0.15, -0.1) is 0 Å². The van der Waals surface area contributed by atoms with Crippen LogP contribution in [0.2, 0.25) is 0 Å². The van der Waals surface area contributed by atoms with Crippen LogP contribution < -0.4 is 0 Å². The van der Waals surface area contributed by atoms with Crippen molar-refractivity contribution in [2.45, 2.75) is 6.92 Å². The van der Waals surface area contributed by atoms with Crippen LogP contribution in [-0.2, 0) is 0 Å². The Balaban J connectivity index is 1.49. The first-order chi connectivity index (χ1) is 15.8. The van der Waals surface area contributed by atoms with Crippen LogP contribution in [0.1, 0.15) is 5.56 Å². The summed E-state index contributed by atoms with van der Waals surface area (Å²) in [6.45, 7) is 2.14. The summed E-state index contributed by atoms with van der Waals surface area (Å²) in [7, 11) is 0. The van der Waals surface area contributed by atoms with E-state index in [9.17, 15) is 0 Å². The molecule has 0 saturated heterocycles. The number of furan rings is 1. The van der Waals surface area contributed by atoms with Crippen molar-refractivity contribution in [2.75, 3.05) is 0 Å². The number of hydrogen-bond acceptors (Lipinski definition) is 2. The van der Waals surface area contributed by atoms with Gasteiger partial charge in [-0.1, -0.05) is 78.9 Å². The lowest BCUT2D eigenvalue weighted by atomic mass is 9.99. The van der Waals surface area contributed by atoms with Crippen LogP contribution in [0, 0.1) is 6.92 Å². The first-order valence-corrected chi connectivity index (χ1v) is 10.8. The van der Waals surface area contributed by atoms with Gasteiger partial charge in [0, 0.05) is 28.1 Å². The summed E-state index contributed by atoms with van der Waals surface area (Å²) >= 11 is 0. The summed E-state index contributed by atoms with van der Waals surface area (Å²) in [5.41, 5.74) is 9.58. The lowest BCUT2D eigenvalue weighted by molar-refractivity contribution is 0.670. The summed E-state index contributed by atoms with van der Waals surface area (Å²) in [5, 5.41) is 2.24. The molecule has 0 fully saturated rings. The zero-order chi connectivity index (χ0) is 21.5. The van der Waals surface area contributed by atoms with Gasteiger partial charge < -0.3 is 4.42 Å². The summed E-state index contributed by atoms with van der Waals surface area (Å²) in [5.74, 6) is 0. The summed E-state index contributed by atoms with van der Waals surface area (Å²) < 4.78 is 6.41. The van der Waals surface area contributed by atoms with Crippen molar-refractivity contribution in [1.82, 2.24) is 4.98 Å². The van der Waals surface area contributed by atoms with Crippen LogP contribution in [0.3, 0.4) is 0 Å². The molecule has 6 rings (SSSR count). The summed E-state index contributed by atoms with van der Waals surface area (Å²) in [6, 6.07) is 35.7. The van der Waals surface area contributed by atoms with Gasteiger partial charge in [0.25, 0.3) is 0 Å². The van der Waals surface area contributed by atoms with E-state index in [0.717, 1.165) is 44.3 Å². The van der Waals surface area contributed by atoms with Crippen LogP contribution in [0.5, 0.6) is 0 Å². The highest BCUT2D eigenvalue weighted by Gasteiger charge is 2.14. The van der Waals surface area contributed by atoms with Gasteiger partial charge >= 0.3 is 0 Å². The third-order valence-electron chi connectivity index (χ3n) is 6.08. The van der Waals surface area contributed by atoms with Crippen molar-refractivity contribution < 1.29 is 4.42 Å².